The SMILES string of the molecule is CCCCCCCCCCCCCCCCCCOC(=O)C(CCCCCCCCCCCCCCCC)CCCCCCCCCCCCCC(C)C. The zero-order valence-electron chi connectivity index (χ0n) is 38.3. The average Bonchev–Trinajstić information content (AvgIpc) is 3.16. The van der Waals surface area contributed by atoms with Crippen LogP contribution in [0.25, 0.3) is 0 Å². The van der Waals surface area contributed by atoms with E-state index in [4.69, 9.17) is 4.74 Å². The van der Waals surface area contributed by atoms with Gasteiger partial charge in [0.2, 0.25) is 0 Å². The lowest BCUT2D eigenvalue weighted by atomic mass is 9.94. The third kappa shape index (κ3) is 44.2. The monoisotopic (exact) mass is 761 g/mol. The maximum atomic E-state index is 13.2. The lowest BCUT2D eigenvalue weighted by Crippen LogP contribution is -2.18. The van der Waals surface area contributed by atoms with Crippen LogP contribution in [0.4, 0.5) is 0 Å². The summed E-state index contributed by atoms with van der Waals surface area (Å²) in [5, 5.41) is 0. The summed E-state index contributed by atoms with van der Waals surface area (Å²) in [6.07, 6.45) is 60.1. The number of carbonyl (C=O) groups excluding carboxylic acids is 1. The zero-order chi connectivity index (χ0) is 39.3. The number of ether oxygens (including phenoxy) is 1. The molecule has 2 heteroatoms. The second kappa shape index (κ2) is 46.8. The second-order valence-corrected chi connectivity index (χ2v) is 18.4. The van der Waals surface area contributed by atoms with Gasteiger partial charge in [0.05, 0.1) is 12.5 Å². The first kappa shape index (κ1) is 53.5. The predicted octanol–water partition coefficient (Wildman–Crippen LogP) is 19.0. The van der Waals surface area contributed by atoms with E-state index in [1.54, 1.807) is 0 Å². The van der Waals surface area contributed by atoms with Crippen molar-refractivity contribution in [2.45, 2.75) is 310 Å². The van der Waals surface area contributed by atoms with Crippen LogP contribution >= 0.6 is 0 Å². The van der Waals surface area contributed by atoms with Gasteiger partial charge in [-0.15, -0.1) is 0 Å². The van der Waals surface area contributed by atoms with Gasteiger partial charge >= 0.3 is 5.97 Å². The summed E-state index contributed by atoms with van der Waals surface area (Å²) >= 11 is 0. The molecule has 0 aromatic rings. The maximum Gasteiger partial charge on any atom is 0.308 e. The molecule has 0 aliphatic carbocycles. The minimum absolute atomic E-state index is 0.124. The molecule has 1 unspecified atom stereocenters. The first-order valence-electron chi connectivity index (χ1n) is 25.8. The molecule has 0 heterocycles. The molecule has 0 aromatic carbocycles. The topological polar surface area (TPSA) is 26.3 Å². The highest BCUT2D eigenvalue weighted by molar-refractivity contribution is 5.72. The smallest absolute Gasteiger partial charge is 0.308 e. The molecular weight excluding hydrogens is 657 g/mol. The summed E-state index contributed by atoms with van der Waals surface area (Å²) in [6.45, 7) is 9.93. The Bertz CT molecular complexity index is 686. The lowest BCUT2D eigenvalue weighted by molar-refractivity contribution is -0.149. The first-order chi connectivity index (χ1) is 26.6. The van der Waals surface area contributed by atoms with E-state index < -0.39 is 0 Å². The van der Waals surface area contributed by atoms with Crippen molar-refractivity contribution in [1.82, 2.24) is 0 Å². The molecule has 0 aliphatic rings. The molecule has 0 saturated heterocycles. The molecule has 0 bridgehead atoms. The minimum Gasteiger partial charge on any atom is -0.465 e. The van der Waals surface area contributed by atoms with Gasteiger partial charge in [-0.05, 0) is 25.2 Å². The summed E-state index contributed by atoms with van der Waals surface area (Å²) in [5.74, 6) is 1.13. The summed E-state index contributed by atoms with van der Waals surface area (Å²) in [4.78, 5) is 13.2. The van der Waals surface area contributed by atoms with Crippen LogP contribution in [0.1, 0.15) is 310 Å². The highest BCUT2D eigenvalue weighted by Crippen LogP contribution is 2.22. The van der Waals surface area contributed by atoms with Crippen molar-refractivity contribution in [2.24, 2.45) is 11.8 Å². The van der Waals surface area contributed by atoms with Crippen molar-refractivity contribution in [3.05, 3.63) is 0 Å². The van der Waals surface area contributed by atoms with Crippen molar-refractivity contribution in [3.63, 3.8) is 0 Å². The molecule has 0 aliphatic heterocycles. The Labute approximate surface area is 343 Å². The molecule has 0 amide bonds. The van der Waals surface area contributed by atoms with Gasteiger partial charge in [-0.25, -0.2) is 0 Å². The van der Waals surface area contributed by atoms with Gasteiger partial charge in [0.15, 0.2) is 0 Å². The number of hydrogen-bond acceptors (Lipinski definition) is 2. The van der Waals surface area contributed by atoms with E-state index in [2.05, 4.69) is 27.7 Å². The van der Waals surface area contributed by atoms with Gasteiger partial charge in [0.1, 0.15) is 0 Å². The Hall–Kier alpha value is -0.530. The van der Waals surface area contributed by atoms with Crippen LogP contribution in [0, 0.1) is 11.8 Å². The van der Waals surface area contributed by atoms with Crippen LogP contribution in [-0.2, 0) is 9.53 Å². The molecule has 324 valence electrons. The largest absolute Gasteiger partial charge is 0.465 e. The normalized spacial score (nSPS) is 12.2. The number of hydrogen-bond donors (Lipinski definition) is 0. The fraction of sp³-hybridized carbons (Fsp3) is 0.981. The number of rotatable bonds is 47. The van der Waals surface area contributed by atoms with E-state index in [9.17, 15) is 4.79 Å². The van der Waals surface area contributed by atoms with Crippen molar-refractivity contribution in [1.29, 1.82) is 0 Å². The van der Waals surface area contributed by atoms with E-state index >= 15 is 0 Å². The fourth-order valence-electron chi connectivity index (χ4n) is 8.44. The van der Waals surface area contributed by atoms with Crippen LogP contribution < -0.4 is 0 Å². The molecule has 1 atom stereocenters. The highest BCUT2D eigenvalue weighted by Gasteiger charge is 2.19. The third-order valence-electron chi connectivity index (χ3n) is 12.3. The molecule has 0 radical (unpaired) electrons. The van der Waals surface area contributed by atoms with Crippen LogP contribution in [-0.4, -0.2) is 12.6 Å². The second-order valence-electron chi connectivity index (χ2n) is 18.4. The van der Waals surface area contributed by atoms with Crippen molar-refractivity contribution in [2.75, 3.05) is 6.61 Å². The fourth-order valence-corrected chi connectivity index (χ4v) is 8.44. The molecule has 0 fully saturated rings. The molecule has 54 heavy (non-hydrogen) atoms. The Balaban J connectivity index is 4.06. The van der Waals surface area contributed by atoms with Gasteiger partial charge in [-0.2, -0.15) is 0 Å². The number of esters is 1. The Kier molecular flexibility index (Phi) is 46.4. The summed E-state index contributed by atoms with van der Waals surface area (Å²) in [7, 11) is 0. The van der Waals surface area contributed by atoms with Crippen LogP contribution in [0.5, 0.6) is 0 Å². The molecule has 2 nitrogen and oxygen atoms in total. The van der Waals surface area contributed by atoms with Gasteiger partial charge in [-0.3, -0.25) is 4.79 Å². The molecule has 0 saturated carbocycles. The Morgan fingerprint density at radius 2 is 0.537 bits per heavy atom. The lowest BCUT2D eigenvalue weighted by Gasteiger charge is -2.16. The summed E-state index contributed by atoms with van der Waals surface area (Å²) in [5.41, 5.74) is 0. The Morgan fingerprint density at radius 1 is 0.315 bits per heavy atom. The molecule has 0 aromatic heterocycles. The van der Waals surface area contributed by atoms with Gasteiger partial charge < -0.3 is 4.74 Å². The predicted molar refractivity (Wildman–Crippen MR) is 244 cm³/mol. The maximum absolute atomic E-state index is 13.2. The standard InChI is InChI=1S/C52H104O2/c1-5-7-9-11-13-15-17-19-21-22-24-29-33-37-41-45-49-54-52(53)51(47-43-39-35-31-27-23-20-18-16-14-12-10-8-6-2)48-44-40-36-32-28-25-26-30-34-38-42-46-50(3)4/h50-51H,5-49H2,1-4H3. The highest BCUT2D eigenvalue weighted by atomic mass is 16.5. The van der Waals surface area contributed by atoms with Crippen LogP contribution in [0.2, 0.25) is 0 Å². The number of unbranched alkanes of at least 4 members (excludes halogenated alkanes) is 38. The summed E-state index contributed by atoms with van der Waals surface area (Å²) in [6, 6.07) is 0. The van der Waals surface area contributed by atoms with E-state index in [1.165, 1.54) is 263 Å². The van der Waals surface area contributed by atoms with E-state index in [1.807, 2.05) is 0 Å². The molecule has 0 N–H and O–H groups in total. The van der Waals surface area contributed by atoms with Crippen molar-refractivity contribution < 1.29 is 9.53 Å². The zero-order valence-corrected chi connectivity index (χ0v) is 38.3. The van der Waals surface area contributed by atoms with Crippen LogP contribution in [0.3, 0.4) is 0 Å². The number of carbonyl (C=O) groups is 1. The first-order valence-corrected chi connectivity index (χ1v) is 25.8. The van der Waals surface area contributed by atoms with Crippen LogP contribution in [0.15, 0.2) is 0 Å². The van der Waals surface area contributed by atoms with Crippen molar-refractivity contribution >= 4 is 5.97 Å². The minimum atomic E-state index is 0.124. The molecule has 0 rings (SSSR count). The molecular formula is C52H104O2. The van der Waals surface area contributed by atoms with Crippen molar-refractivity contribution in [3.8, 4) is 0 Å². The van der Waals surface area contributed by atoms with Gasteiger partial charge in [0.25, 0.3) is 0 Å². The molecule has 0 spiro atoms. The van der Waals surface area contributed by atoms with E-state index in [-0.39, 0.29) is 11.9 Å². The van der Waals surface area contributed by atoms with E-state index in [0.717, 1.165) is 25.2 Å². The Morgan fingerprint density at radius 3 is 0.796 bits per heavy atom. The quantitative estimate of drug-likeness (QED) is 0.0456. The van der Waals surface area contributed by atoms with E-state index in [0.29, 0.717) is 6.61 Å². The van der Waals surface area contributed by atoms with Gasteiger partial charge in [-0.1, -0.05) is 291 Å². The van der Waals surface area contributed by atoms with Gasteiger partial charge in [0, 0.05) is 0 Å². The summed E-state index contributed by atoms with van der Waals surface area (Å²) < 4.78 is 5.92. The average molecular weight is 761 g/mol. The third-order valence-corrected chi connectivity index (χ3v) is 12.3.